The Morgan fingerprint density at radius 2 is 1.64 bits per heavy atom. The van der Waals surface area contributed by atoms with Crippen LogP contribution in [0.1, 0.15) is 20.8 Å². The van der Waals surface area contributed by atoms with Gasteiger partial charge in [0, 0.05) is 29.0 Å². The second-order valence-electron chi connectivity index (χ2n) is 6.05. The molecule has 3 rings (SSSR count). The predicted octanol–water partition coefficient (Wildman–Crippen LogP) is 4.43. The lowest BCUT2D eigenvalue weighted by atomic mass is 10.2. The summed E-state index contributed by atoms with van der Waals surface area (Å²) in [5, 5.41) is 1.77. The van der Waals surface area contributed by atoms with Crippen LogP contribution in [0.5, 0.6) is 0 Å². The molecule has 0 radical (unpaired) electrons. The molecule has 0 atom stereocenters. The standard InChI is InChI=1S/C20H20N2O2S/c1-14(2)21(16-9-5-4-6-10-16)20(24)18-13-25-19-12-8-7-11-17(19)22(18)15(3)23/h4-14H,1-3H3. The first kappa shape index (κ1) is 17.3. The van der Waals surface area contributed by atoms with E-state index in [9.17, 15) is 9.59 Å². The third kappa shape index (κ3) is 3.33. The zero-order valence-corrected chi connectivity index (χ0v) is 15.3. The first-order valence-electron chi connectivity index (χ1n) is 8.16. The number of para-hydroxylation sites is 2. The lowest BCUT2D eigenvalue weighted by Crippen LogP contribution is -2.44. The van der Waals surface area contributed by atoms with E-state index < -0.39 is 0 Å². The Hall–Kier alpha value is -2.53. The number of benzene rings is 2. The van der Waals surface area contributed by atoms with Crippen molar-refractivity contribution in [2.45, 2.75) is 31.7 Å². The van der Waals surface area contributed by atoms with Crippen molar-refractivity contribution in [3.05, 3.63) is 65.7 Å². The van der Waals surface area contributed by atoms with E-state index in [2.05, 4.69) is 0 Å². The van der Waals surface area contributed by atoms with Crippen LogP contribution < -0.4 is 9.80 Å². The van der Waals surface area contributed by atoms with E-state index in [4.69, 9.17) is 0 Å². The number of rotatable bonds is 3. The molecule has 0 unspecified atom stereocenters. The summed E-state index contributed by atoms with van der Waals surface area (Å²) in [6.07, 6.45) is 0. The van der Waals surface area contributed by atoms with Gasteiger partial charge in [0.2, 0.25) is 5.91 Å². The third-order valence-corrected chi connectivity index (χ3v) is 4.89. The summed E-state index contributed by atoms with van der Waals surface area (Å²) in [7, 11) is 0. The second-order valence-corrected chi connectivity index (χ2v) is 6.96. The summed E-state index contributed by atoms with van der Waals surface area (Å²) in [5.41, 5.74) is 1.95. The van der Waals surface area contributed by atoms with Crippen molar-refractivity contribution >= 4 is 35.0 Å². The summed E-state index contributed by atoms with van der Waals surface area (Å²) in [4.78, 5) is 29.8. The molecule has 0 bridgehead atoms. The predicted molar refractivity (Wildman–Crippen MR) is 103 cm³/mol. The summed E-state index contributed by atoms with van der Waals surface area (Å²) < 4.78 is 0. The SMILES string of the molecule is CC(=O)N1C(C(=O)N(c2ccccc2)C(C)C)=CSc2ccccc21. The molecule has 1 aliphatic heterocycles. The fraction of sp³-hybridized carbons (Fsp3) is 0.200. The molecular weight excluding hydrogens is 332 g/mol. The minimum absolute atomic E-state index is 0.0354. The van der Waals surface area contributed by atoms with Crippen molar-refractivity contribution in [1.29, 1.82) is 0 Å². The van der Waals surface area contributed by atoms with E-state index in [1.807, 2.05) is 68.4 Å². The quantitative estimate of drug-likeness (QED) is 0.820. The molecule has 1 heterocycles. The zero-order valence-electron chi connectivity index (χ0n) is 14.5. The topological polar surface area (TPSA) is 40.6 Å². The average molecular weight is 352 g/mol. The molecule has 5 heteroatoms. The van der Waals surface area contributed by atoms with E-state index >= 15 is 0 Å². The van der Waals surface area contributed by atoms with Gasteiger partial charge in [-0.1, -0.05) is 42.1 Å². The van der Waals surface area contributed by atoms with Gasteiger partial charge in [0.15, 0.2) is 0 Å². The van der Waals surface area contributed by atoms with Crippen molar-refractivity contribution in [2.75, 3.05) is 9.80 Å². The van der Waals surface area contributed by atoms with Crippen molar-refractivity contribution in [3.63, 3.8) is 0 Å². The number of amides is 2. The molecule has 0 saturated heterocycles. The van der Waals surface area contributed by atoms with Crippen LogP contribution in [-0.4, -0.2) is 17.9 Å². The summed E-state index contributed by atoms with van der Waals surface area (Å²) in [6, 6.07) is 17.1. The highest BCUT2D eigenvalue weighted by molar-refractivity contribution is 8.02. The van der Waals surface area contributed by atoms with Crippen LogP contribution in [0.3, 0.4) is 0 Å². The van der Waals surface area contributed by atoms with E-state index in [1.165, 1.54) is 23.6 Å². The van der Waals surface area contributed by atoms with Gasteiger partial charge in [0.05, 0.1) is 5.69 Å². The number of fused-ring (bicyclic) bond motifs is 1. The van der Waals surface area contributed by atoms with Gasteiger partial charge in [-0.25, -0.2) is 0 Å². The Balaban J connectivity index is 2.03. The summed E-state index contributed by atoms with van der Waals surface area (Å²) in [6.45, 7) is 5.41. The fourth-order valence-corrected chi connectivity index (χ4v) is 3.77. The van der Waals surface area contributed by atoms with E-state index in [0.717, 1.165) is 16.3 Å². The van der Waals surface area contributed by atoms with Gasteiger partial charge in [-0.05, 0) is 38.1 Å². The molecule has 0 aromatic heterocycles. The lowest BCUT2D eigenvalue weighted by Gasteiger charge is -2.34. The number of hydrogen-bond acceptors (Lipinski definition) is 3. The first-order valence-corrected chi connectivity index (χ1v) is 9.04. The van der Waals surface area contributed by atoms with Crippen LogP contribution >= 0.6 is 11.8 Å². The Bertz CT molecular complexity index is 831. The van der Waals surface area contributed by atoms with Gasteiger partial charge >= 0.3 is 0 Å². The highest BCUT2D eigenvalue weighted by atomic mass is 32.2. The molecule has 1 aliphatic rings. The van der Waals surface area contributed by atoms with Crippen LogP contribution in [0, 0.1) is 0 Å². The number of anilines is 2. The highest BCUT2D eigenvalue weighted by Gasteiger charge is 2.32. The van der Waals surface area contributed by atoms with Gasteiger partial charge in [-0.2, -0.15) is 0 Å². The normalized spacial score (nSPS) is 13.3. The van der Waals surface area contributed by atoms with Gasteiger partial charge in [0.1, 0.15) is 5.70 Å². The Morgan fingerprint density at radius 1 is 1.00 bits per heavy atom. The molecular formula is C20H20N2O2S. The monoisotopic (exact) mass is 352 g/mol. The molecule has 0 aliphatic carbocycles. The molecule has 2 amide bonds. The largest absolute Gasteiger partial charge is 0.305 e. The second kappa shape index (κ2) is 7.15. The number of hydrogen-bond donors (Lipinski definition) is 0. The van der Waals surface area contributed by atoms with Crippen molar-refractivity contribution in [3.8, 4) is 0 Å². The lowest BCUT2D eigenvalue weighted by molar-refractivity contribution is -0.119. The minimum atomic E-state index is -0.182. The van der Waals surface area contributed by atoms with Crippen LogP contribution in [0.15, 0.2) is 70.6 Å². The van der Waals surface area contributed by atoms with Crippen molar-refractivity contribution in [2.24, 2.45) is 0 Å². The van der Waals surface area contributed by atoms with Crippen LogP contribution in [-0.2, 0) is 9.59 Å². The fourth-order valence-electron chi connectivity index (χ4n) is 2.89. The van der Waals surface area contributed by atoms with E-state index in [1.54, 1.807) is 10.3 Å². The van der Waals surface area contributed by atoms with Gasteiger partial charge in [-0.3, -0.25) is 14.5 Å². The molecule has 0 saturated carbocycles. The van der Waals surface area contributed by atoms with Crippen LogP contribution in [0.25, 0.3) is 0 Å². The number of thioether (sulfide) groups is 1. The summed E-state index contributed by atoms with van der Waals surface area (Å²) >= 11 is 1.47. The Labute approximate surface area is 152 Å². The highest BCUT2D eigenvalue weighted by Crippen LogP contribution is 2.39. The summed E-state index contributed by atoms with van der Waals surface area (Å²) in [5.74, 6) is -0.359. The number of carbonyl (C=O) groups excluding carboxylic acids is 2. The maximum absolute atomic E-state index is 13.3. The molecule has 4 nitrogen and oxygen atoms in total. The maximum Gasteiger partial charge on any atom is 0.276 e. The Morgan fingerprint density at radius 3 is 2.28 bits per heavy atom. The van der Waals surface area contributed by atoms with Gasteiger partial charge < -0.3 is 4.90 Å². The molecule has 0 fully saturated rings. The number of nitrogens with zero attached hydrogens (tertiary/aromatic N) is 2. The minimum Gasteiger partial charge on any atom is -0.305 e. The molecule has 128 valence electrons. The molecule has 25 heavy (non-hydrogen) atoms. The van der Waals surface area contributed by atoms with Gasteiger partial charge in [-0.15, -0.1) is 0 Å². The first-order chi connectivity index (χ1) is 12.0. The smallest absolute Gasteiger partial charge is 0.276 e. The molecule has 2 aromatic carbocycles. The van der Waals surface area contributed by atoms with Crippen LogP contribution in [0.2, 0.25) is 0 Å². The molecule has 2 aromatic rings. The van der Waals surface area contributed by atoms with Crippen molar-refractivity contribution < 1.29 is 9.59 Å². The van der Waals surface area contributed by atoms with E-state index in [0.29, 0.717) is 5.70 Å². The third-order valence-electron chi connectivity index (χ3n) is 3.95. The van der Waals surface area contributed by atoms with E-state index in [-0.39, 0.29) is 17.9 Å². The van der Waals surface area contributed by atoms with Crippen LogP contribution in [0.4, 0.5) is 11.4 Å². The molecule has 0 N–H and O–H groups in total. The maximum atomic E-state index is 13.3. The Kier molecular flexibility index (Phi) is 4.95. The molecule has 0 spiro atoms. The zero-order chi connectivity index (χ0) is 18.0. The van der Waals surface area contributed by atoms with Gasteiger partial charge in [0.25, 0.3) is 5.91 Å². The number of carbonyl (C=O) groups is 2. The average Bonchev–Trinajstić information content (AvgIpc) is 2.61. The van der Waals surface area contributed by atoms with Crippen molar-refractivity contribution in [1.82, 2.24) is 0 Å².